The van der Waals surface area contributed by atoms with Crippen LogP contribution in [0.4, 0.5) is 0 Å². The Morgan fingerprint density at radius 2 is 2.07 bits per heavy atom. The molecule has 0 fully saturated rings. The number of thiophene rings is 1. The summed E-state index contributed by atoms with van der Waals surface area (Å²) >= 11 is 7.12. The third-order valence-electron chi connectivity index (χ3n) is 5.25. The number of aromatic carboxylic acids is 1. The third kappa shape index (κ3) is 5.02. The van der Waals surface area contributed by atoms with Crippen LogP contribution < -0.4 is 10.1 Å². The molecule has 4 rings (SSSR count). The van der Waals surface area contributed by atoms with E-state index in [1.165, 1.54) is 11.1 Å². The highest BCUT2D eigenvalue weighted by Gasteiger charge is 2.20. The maximum absolute atomic E-state index is 11.0. The van der Waals surface area contributed by atoms with Crippen LogP contribution in [-0.2, 0) is 12.8 Å². The van der Waals surface area contributed by atoms with E-state index in [-0.39, 0.29) is 10.9 Å². The van der Waals surface area contributed by atoms with E-state index >= 15 is 0 Å². The number of aryl methyl sites for hydroxylation is 1. The Hall–Kier alpha value is -2.38. The lowest BCUT2D eigenvalue weighted by Gasteiger charge is -2.27. The molecule has 156 valence electrons. The first-order valence-corrected chi connectivity index (χ1v) is 11.0. The average Bonchev–Trinajstić information content (AvgIpc) is 3.20. The Bertz CT molecular complexity index is 1050. The molecule has 0 spiro atoms. The molecule has 3 N–H and O–H groups in total. The topological polar surface area (TPSA) is 78.8 Å². The van der Waals surface area contributed by atoms with E-state index in [0.717, 1.165) is 36.2 Å². The monoisotopic (exact) mass is 443 g/mol. The van der Waals surface area contributed by atoms with Crippen molar-refractivity contribution in [2.75, 3.05) is 6.54 Å². The van der Waals surface area contributed by atoms with E-state index in [2.05, 4.69) is 11.4 Å². The van der Waals surface area contributed by atoms with Gasteiger partial charge in [0.25, 0.3) is 0 Å². The molecule has 0 saturated heterocycles. The second-order valence-corrected chi connectivity index (χ2v) is 8.86. The zero-order valence-corrected chi connectivity index (χ0v) is 17.7. The maximum Gasteiger partial charge on any atom is 0.345 e. The smallest absolute Gasteiger partial charge is 0.345 e. The van der Waals surface area contributed by atoms with Gasteiger partial charge in [-0.2, -0.15) is 0 Å². The summed E-state index contributed by atoms with van der Waals surface area (Å²) in [5.41, 5.74) is 3.32. The molecule has 0 bridgehead atoms. The van der Waals surface area contributed by atoms with Crippen LogP contribution >= 0.6 is 22.9 Å². The van der Waals surface area contributed by atoms with Crippen LogP contribution in [0.2, 0.25) is 5.02 Å². The van der Waals surface area contributed by atoms with Crippen molar-refractivity contribution in [3.05, 3.63) is 81.2 Å². The SMILES string of the molecule is O=C(O)c1ccc(Oc2ccc3c(c2)C[C@@H](NC[C@H](O)c2cccc(Cl)c2)CC3)s1. The Labute approximate surface area is 183 Å². The molecule has 3 aromatic rings. The summed E-state index contributed by atoms with van der Waals surface area (Å²) in [6.07, 6.45) is 2.20. The number of carboxylic acid groups (broad SMARTS) is 1. The van der Waals surface area contributed by atoms with Crippen LogP contribution in [0.3, 0.4) is 0 Å². The first kappa shape index (κ1) is 20.9. The largest absolute Gasteiger partial charge is 0.477 e. The van der Waals surface area contributed by atoms with Crippen LogP contribution in [0.15, 0.2) is 54.6 Å². The van der Waals surface area contributed by atoms with Gasteiger partial charge in [0.15, 0.2) is 5.06 Å². The summed E-state index contributed by atoms with van der Waals surface area (Å²) in [5.74, 6) is -0.249. The molecule has 0 saturated carbocycles. The fourth-order valence-corrected chi connectivity index (χ4v) is 4.60. The van der Waals surface area contributed by atoms with Gasteiger partial charge in [-0.1, -0.05) is 41.1 Å². The van der Waals surface area contributed by atoms with Gasteiger partial charge in [-0.05, 0) is 72.4 Å². The molecule has 1 aliphatic rings. The number of carboxylic acids is 1. The molecule has 0 amide bonds. The lowest BCUT2D eigenvalue weighted by atomic mass is 9.88. The number of halogens is 1. The van der Waals surface area contributed by atoms with Gasteiger partial charge in [0.1, 0.15) is 10.6 Å². The van der Waals surface area contributed by atoms with E-state index in [1.54, 1.807) is 24.3 Å². The Morgan fingerprint density at radius 3 is 2.83 bits per heavy atom. The molecule has 30 heavy (non-hydrogen) atoms. The van der Waals surface area contributed by atoms with Crippen LogP contribution in [0.5, 0.6) is 10.8 Å². The van der Waals surface area contributed by atoms with Gasteiger partial charge in [-0.3, -0.25) is 0 Å². The van der Waals surface area contributed by atoms with Gasteiger partial charge < -0.3 is 20.3 Å². The van der Waals surface area contributed by atoms with E-state index in [1.807, 2.05) is 24.3 Å². The molecule has 1 heterocycles. The zero-order chi connectivity index (χ0) is 21.1. The van der Waals surface area contributed by atoms with Crippen molar-refractivity contribution in [2.45, 2.75) is 31.4 Å². The molecule has 2 atom stereocenters. The van der Waals surface area contributed by atoms with Crippen molar-refractivity contribution in [1.29, 1.82) is 0 Å². The summed E-state index contributed by atoms with van der Waals surface area (Å²) in [7, 11) is 0. The summed E-state index contributed by atoms with van der Waals surface area (Å²) < 4.78 is 5.86. The fourth-order valence-electron chi connectivity index (χ4n) is 3.69. The maximum atomic E-state index is 11.0. The number of carbonyl (C=O) groups is 1. The number of hydrogen-bond donors (Lipinski definition) is 3. The number of fused-ring (bicyclic) bond motifs is 1. The number of benzene rings is 2. The number of aliphatic hydroxyl groups is 1. The molecule has 1 aromatic heterocycles. The second kappa shape index (κ2) is 9.18. The molecule has 2 aromatic carbocycles. The minimum Gasteiger partial charge on any atom is -0.477 e. The standard InChI is InChI=1S/C23H22ClNO4S/c24-17-3-1-2-15(10-17)20(26)13-25-18-6-4-14-5-7-19(12-16(14)11-18)29-22-9-8-21(30-22)23(27)28/h1-3,5,7-10,12,18,20,25-26H,4,6,11,13H2,(H,27,28)/t18-,20-/m0/s1. The van der Waals surface area contributed by atoms with Crippen molar-refractivity contribution in [2.24, 2.45) is 0 Å². The highest BCUT2D eigenvalue weighted by Crippen LogP contribution is 2.32. The minimum absolute atomic E-state index is 0.255. The van der Waals surface area contributed by atoms with Crippen LogP contribution in [-0.4, -0.2) is 28.8 Å². The van der Waals surface area contributed by atoms with Gasteiger partial charge in [0, 0.05) is 17.6 Å². The first-order chi connectivity index (χ1) is 14.5. The van der Waals surface area contributed by atoms with Crippen molar-refractivity contribution in [1.82, 2.24) is 5.32 Å². The quantitative estimate of drug-likeness (QED) is 0.475. The number of rotatable bonds is 7. The molecular weight excluding hydrogens is 422 g/mol. The Balaban J connectivity index is 1.37. The molecule has 5 nitrogen and oxygen atoms in total. The summed E-state index contributed by atoms with van der Waals surface area (Å²) in [6, 6.07) is 16.8. The molecule has 1 aliphatic carbocycles. The van der Waals surface area contributed by atoms with Crippen molar-refractivity contribution >= 4 is 28.9 Å². The van der Waals surface area contributed by atoms with Gasteiger partial charge in [0.2, 0.25) is 0 Å². The van der Waals surface area contributed by atoms with E-state index in [0.29, 0.717) is 22.4 Å². The number of nitrogens with one attached hydrogen (secondary N) is 1. The molecule has 7 heteroatoms. The highest BCUT2D eigenvalue weighted by molar-refractivity contribution is 7.15. The fraction of sp³-hybridized carbons (Fsp3) is 0.261. The predicted octanol–water partition coefficient (Wildman–Crippen LogP) is 5.07. The second-order valence-electron chi connectivity index (χ2n) is 7.38. The summed E-state index contributed by atoms with van der Waals surface area (Å²) in [6.45, 7) is 0.462. The van der Waals surface area contributed by atoms with E-state index in [9.17, 15) is 9.90 Å². The predicted molar refractivity (Wildman–Crippen MR) is 118 cm³/mol. The van der Waals surface area contributed by atoms with Gasteiger partial charge in [-0.25, -0.2) is 4.79 Å². The lowest BCUT2D eigenvalue weighted by Crippen LogP contribution is -2.37. The van der Waals surface area contributed by atoms with Gasteiger partial charge in [-0.15, -0.1) is 0 Å². The van der Waals surface area contributed by atoms with E-state index < -0.39 is 12.1 Å². The molecule has 0 unspecified atom stereocenters. The van der Waals surface area contributed by atoms with E-state index in [4.69, 9.17) is 21.4 Å². The normalized spacial score (nSPS) is 16.7. The minimum atomic E-state index is -0.950. The Kier molecular flexibility index (Phi) is 6.39. The molecule has 0 radical (unpaired) electrons. The third-order valence-corrected chi connectivity index (χ3v) is 6.44. The summed E-state index contributed by atoms with van der Waals surface area (Å²) in [4.78, 5) is 11.3. The molecule has 0 aliphatic heterocycles. The van der Waals surface area contributed by atoms with Crippen molar-refractivity contribution < 1.29 is 19.7 Å². The summed E-state index contributed by atoms with van der Waals surface area (Å²) in [5, 5.41) is 24.1. The molecular formula is C23H22ClNO4S. The van der Waals surface area contributed by atoms with Crippen molar-refractivity contribution in [3.63, 3.8) is 0 Å². The number of hydrogen-bond acceptors (Lipinski definition) is 5. The van der Waals surface area contributed by atoms with Crippen LogP contribution in [0.25, 0.3) is 0 Å². The van der Waals surface area contributed by atoms with Gasteiger partial charge >= 0.3 is 5.97 Å². The zero-order valence-electron chi connectivity index (χ0n) is 16.2. The average molecular weight is 444 g/mol. The van der Waals surface area contributed by atoms with Crippen LogP contribution in [0, 0.1) is 0 Å². The highest BCUT2D eigenvalue weighted by atomic mass is 35.5. The lowest BCUT2D eigenvalue weighted by molar-refractivity contribution is 0.0702. The van der Waals surface area contributed by atoms with Crippen molar-refractivity contribution in [3.8, 4) is 10.8 Å². The number of aliphatic hydroxyl groups excluding tert-OH is 1. The number of ether oxygens (including phenoxy) is 1. The van der Waals surface area contributed by atoms with Crippen LogP contribution in [0.1, 0.15) is 38.9 Å². The Morgan fingerprint density at radius 1 is 1.20 bits per heavy atom. The first-order valence-electron chi connectivity index (χ1n) is 9.77. The van der Waals surface area contributed by atoms with Gasteiger partial charge in [0.05, 0.1) is 6.10 Å².